The minimum absolute atomic E-state index is 0.0182. The number of imidazole rings is 1. The number of rotatable bonds is 8. The molecular weight excluding hydrogens is 536 g/mol. The van der Waals surface area contributed by atoms with Crippen molar-refractivity contribution < 1.29 is 28.2 Å². The number of hydrogen-bond acceptors (Lipinski definition) is 8. The number of aromatic nitrogens is 5. The average molecular weight is 566 g/mol. The van der Waals surface area contributed by atoms with Crippen molar-refractivity contribution in [1.29, 1.82) is 0 Å². The van der Waals surface area contributed by atoms with Gasteiger partial charge in [0.1, 0.15) is 22.9 Å². The summed E-state index contributed by atoms with van der Waals surface area (Å²) in [6.07, 6.45) is 2.34. The van der Waals surface area contributed by atoms with Gasteiger partial charge in [0.2, 0.25) is 5.95 Å². The van der Waals surface area contributed by atoms with Crippen LogP contribution >= 0.6 is 0 Å². The number of amides is 1. The largest absolute Gasteiger partial charge is 0.481 e. The van der Waals surface area contributed by atoms with E-state index in [-0.39, 0.29) is 47.2 Å². The molecule has 0 unspecified atom stereocenters. The average Bonchev–Trinajstić information content (AvgIpc) is 3.29. The van der Waals surface area contributed by atoms with Crippen molar-refractivity contribution in [3.63, 3.8) is 0 Å². The van der Waals surface area contributed by atoms with E-state index < -0.39 is 17.6 Å². The van der Waals surface area contributed by atoms with Crippen LogP contribution in [0.5, 0.6) is 0 Å². The quantitative estimate of drug-likeness (QED) is 0.316. The topological polar surface area (TPSA) is 135 Å². The van der Waals surface area contributed by atoms with Crippen LogP contribution < -0.4 is 5.32 Å². The lowest BCUT2D eigenvalue weighted by Crippen LogP contribution is -2.45. The zero-order valence-electron chi connectivity index (χ0n) is 22.8. The maximum absolute atomic E-state index is 15.0. The molecule has 1 aromatic carbocycles. The third kappa shape index (κ3) is 5.99. The molecule has 11 nitrogen and oxygen atoms in total. The van der Waals surface area contributed by atoms with E-state index in [2.05, 4.69) is 25.3 Å². The zero-order chi connectivity index (χ0) is 29.3. The number of aliphatic carboxylic acids is 1. The van der Waals surface area contributed by atoms with Crippen LogP contribution in [0.25, 0.3) is 22.3 Å². The molecule has 1 amide bonds. The SMILES string of the molecule is Cc1nc2c(F)cc(-c3nc(Nc4ccc(C(=O)N5CCO[C@@H](CCC(=O)O)C5)cn4)ncc3F)cc2n1C(C)C. The highest BCUT2D eigenvalue weighted by atomic mass is 19.1. The molecule has 1 atom stereocenters. The van der Waals surface area contributed by atoms with Gasteiger partial charge >= 0.3 is 5.97 Å². The number of anilines is 2. The zero-order valence-corrected chi connectivity index (χ0v) is 22.8. The molecule has 0 bridgehead atoms. The molecule has 1 aliphatic heterocycles. The molecule has 2 N–H and O–H groups in total. The van der Waals surface area contributed by atoms with E-state index in [1.165, 1.54) is 12.3 Å². The van der Waals surface area contributed by atoms with Gasteiger partial charge in [0, 0.05) is 37.3 Å². The van der Waals surface area contributed by atoms with Crippen molar-refractivity contribution in [3.8, 4) is 11.3 Å². The van der Waals surface area contributed by atoms with Crippen LogP contribution in [0.15, 0.2) is 36.7 Å². The summed E-state index contributed by atoms with van der Waals surface area (Å²) in [5, 5.41) is 11.8. The highest BCUT2D eigenvalue weighted by Crippen LogP contribution is 2.30. The summed E-state index contributed by atoms with van der Waals surface area (Å²) < 4.78 is 37.3. The predicted octanol–water partition coefficient (Wildman–Crippen LogP) is 4.51. The van der Waals surface area contributed by atoms with Gasteiger partial charge in [0.15, 0.2) is 11.6 Å². The summed E-state index contributed by atoms with van der Waals surface area (Å²) in [7, 11) is 0. The first-order valence-corrected chi connectivity index (χ1v) is 13.2. The Hall–Kier alpha value is -4.52. The van der Waals surface area contributed by atoms with Gasteiger partial charge in [-0.05, 0) is 51.5 Å². The normalized spacial score (nSPS) is 15.5. The number of carbonyl (C=O) groups excluding carboxylic acids is 1. The number of carboxylic acid groups (broad SMARTS) is 1. The van der Waals surface area contributed by atoms with Crippen LogP contribution in [0.2, 0.25) is 0 Å². The van der Waals surface area contributed by atoms with E-state index in [9.17, 15) is 18.4 Å². The maximum Gasteiger partial charge on any atom is 0.303 e. The van der Waals surface area contributed by atoms with Gasteiger partial charge in [0.25, 0.3) is 5.91 Å². The molecule has 1 fully saturated rings. The lowest BCUT2D eigenvalue weighted by atomic mass is 10.1. The van der Waals surface area contributed by atoms with E-state index in [1.54, 1.807) is 30.0 Å². The number of benzene rings is 1. The fourth-order valence-corrected chi connectivity index (χ4v) is 4.94. The summed E-state index contributed by atoms with van der Waals surface area (Å²) in [6, 6.07) is 6.03. The van der Waals surface area contributed by atoms with E-state index >= 15 is 0 Å². The van der Waals surface area contributed by atoms with Crippen LogP contribution in [0.1, 0.15) is 48.9 Å². The molecule has 0 saturated carbocycles. The molecule has 0 aliphatic carbocycles. The van der Waals surface area contributed by atoms with Crippen molar-refractivity contribution in [1.82, 2.24) is 29.4 Å². The van der Waals surface area contributed by atoms with Crippen LogP contribution in [-0.4, -0.2) is 72.2 Å². The van der Waals surface area contributed by atoms with Crippen molar-refractivity contribution in [2.24, 2.45) is 0 Å². The van der Waals surface area contributed by atoms with E-state index in [1.807, 2.05) is 18.4 Å². The van der Waals surface area contributed by atoms with Gasteiger partial charge in [-0.3, -0.25) is 9.59 Å². The third-order valence-corrected chi connectivity index (χ3v) is 6.82. The van der Waals surface area contributed by atoms with Gasteiger partial charge in [-0.15, -0.1) is 0 Å². The minimum atomic E-state index is -0.913. The second-order valence-corrected chi connectivity index (χ2v) is 10.1. The number of hydrogen-bond donors (Lipinski definition) is 2. The number of ether oxygens (including phenoxy) is 1. The summed E-state index contributed by atoms with van der Waals surface area (Å²) in [5.41, 5.74) is 1.24. The summed E-state index contributed by atoms with van der Waals surface area (Å²) >= 11 is 0. The van der Waals surface area contributed by atoms with Crippen molar-refractivity contribution in [2.75, 3.05) is 25.0 Å². The van der Waals surface area contributed by atoms with E-state index in [0.29, 0.717) is 48.8 Å². The number of morpholine rings is 1. The van der Waals surface area contributed by atoms with Crippen molar-refractivity contribution in [3.05, 3.63) is 59.7 Å². The number of halogens is 2. The molecule has 4 heterocycles. The van der Waals surface area contributed by atoms with Crippen molar-refractivity contribution in [2.45, 2.75) is 45.8 Å². The molecule has 1 saturated heterocycles. The molecule has 5 rings (SSSR count). The Balaban J connectivity index is 1.33. The number of nitrogens with zero attached hydrogens (tertiary/aromatic N) is 6. The van der Waals surface area contributed by atoms with Crippen LogP contribution in [0, 0.1) is 18.6 Å². The second-order valence-electron chi connectivity index (χ2n) is 10.1. The lowest BCUT2D eigenvalue weighted by Gasteiger charge is -2.32. The van der Waals surface area contributed by atoms with Gasteiger partial charge < -0.3 is 24.6 Å². The van der Waals surface area contributed by atoms with Crippen LogP contribution in [-0.2, 0) is 9.53 Å². The molecular formula is C28H29F2N7O4. The van der Waals surface area contributed by atoms with Gasteiger partial charge in [-0.2, -0.15) is 0 Å². The van der Waals surface area contributed by atoms with Gasteiger partial charge in [-0.1, -0.05) is 0 Å². The minimum Gasteiger partial charge on any atom is -0.481 e. The number of pyridine rings is 1. The molecule has 3 aromatic heterocycles. The Bertz CT molecular complexity index is 1610. The standard InChI is InChI=1S/C28H29F2N7O4/c1-15(2)37-16(3)33-26-20(29)10-18(11-22(26)37)25-21(30)13-32-28(35-25)34-23-6-4-17(12-31-23)27(40)36-8-9-41-19(14-36)5-7-24(38)39/h4,6,10-13,15,19H,5,7-9,14H2,1-3H3,(H,38,39)(H,31,32,34,35)/t19-/m0/s1. The highest BCUT2D eigenvalue weighted by Gasteiger charge is 2.26. The monoisotopic (exact) mass is 565 g/mol. The second kappa shape index (κ2) is 11.5. The molecule has 0 spiro atoms. The summed E-state index contributed by atoms with van der Waals surface area (Å²) in [6.45, 7) is 6.71. The molecule has 4 aromatic rings. The third-order valence-electron chi connectivity index (χ3n) is 6.82. The Labute approximate surface area is 234 Å². The number of carbonyl (C=O) groups is 2. The van der Waals surface area contributed by atoms with Crippen LogP contribution in [0.4, 0.5) is 20.5 Å². The first-order valence-electron chi connectivity index (χ1n) is 13.2. The van der Waals surface area contributed by atoms with Crippen LogP contribution in [0.3, 0.4) is 0 Å². The molecule has 41 heavy (non-hydrogen) atoms. The number of aryl methyl sites for hydroxylation is 1. The first kappa shape index (κ1) is 28.0. The molecule has 13 heteroatoms. The van der Waals surface area contributed by atoms with Gasteiger partial charge in [0.05, 0.1) is 30.0 Å². The van der Waals surface area contributed by atoms with Crippen molar-refractivity contribution >= 4 is 34.7 Å². The first-order chi connectivity index (χ1) is 19.6. The van der Waals surface area contributed by atoms with E-state index in [4.69, 9.17) is 9.84 Å². The fourth-order valence-electron chi connectivity index (χ4n) is 4.94. The highest BCUT2D eigenvalue weighted by molar-refractivity contribution is 5.94. The smallest absolute Gasteiger partial charge is 0.303 e. The predicted molar refractivity (Wildman–Crippen MR) is 146 cm³/mol. The number of nitrogens with one attached hydrogen (secondary N) is 1. The maximum atomic E-state index is 15.0. The Morgan fingerprint density at radius 3 is 2.66 bits per heavy atom. The summed E-state index contributed by atoms with van der Waals surface area (Å²) in [5.74, 6) is -1.46. The lowest BCUT2D eigenvalue weighted by molar-refractivity contribution is -0.138. The van der Waals surface area contributed by atoms with E-state index in [0.717, 1.165) is 6.20 Å². The van der Waals surface area contributed by atoms with Gasteiger partial charge in [-0.25, -0.2) is 28.7 Å². The Morgan fingerprint density at radius 2 is 1.95 bits per heavy atom. The number of carboxylic acids is 1. The molecule has 0 radical (unpaired) electrons. The Kier molecular flexibility index (Phi) is 7.88. The number of fused-ring (bicyclic) bond motifs is 1. The molecule has 214 valence electrons. The Morgan fingerprint density at radius 1 is 1.15 bits per heavy atom. The fraction of sp³-hybridized carbons (Fsp3) is 0.357. The summed E-state index contributed by atoms with van der Waals surface area (Å²) in [4.78, 5) is 42.3. The molecule has 1 aliphatic rings.